The van der Waals surface area contributed by atoms with Gasteiger partial charge in [-0.1, -0.05) is 0 Å². The fourth-order valence-electron chi connectivity index (χ4n) is 1.05. The lowest BCUT2D eigenvalue weighted by Gasteiger charge is -2.17. The average molecular weight is 314 g/mol. The molecule has 0 heterocycles. The van der Waals surface area contributed by atoms with Crippen LogP contribution in [0.1, 0.15) is 12.8 Å². The quantitative estimate of drug-likeness (QED) is 0.256. The number of nitrogens with one attached hydrogen (secondary N) is 1. The highest BCUT2D eigenvalue weighted by atomic mass is 31.2. The number of amides is 1. The van der Waals surface area contributed by atoms with Crippen molar-refractivity contribution in [3.8, 4) is 0 Å². The molecule has 1 amide bonds. The van der Waals surface area contributed by atoms with E-state index in [0.717, 1.165) is 0 Å². The summed E-state index contributed by atoms with van der Waals surface area (Å²) in [5, 5.41) is 19.1. The fourth-order valence-corrected chi connectivity index (χ4v) is 1.41. The van der Waals surface area contributed by atoms with Gasteiger partial charge in [-0.3, -0.25) is 19.4 Å². The number of carboxylic acid groups (broad SMARTS) is 1. The predicted octanol–water partition coefficient (Wildman–Crippen LogP) is -2.71. The summed E-state index contributed by atoms with van der Waals surface area (Å²) >= 11 is 0. The third-order valence-corrected chi connectivity index (χ3v) is 2.42. The summed E-state index contributed by atoms with van der Waals surface area (Å²) in [5.74, 6) is -3.68. The first kappa shape index (κ1) is 18.5. The maximum Gasteiger partial charge on any atom is 0.527 e. The number of nitrogens with two attached hydrogens (primary N) is 1. The van der Waals surface area contributed by atoms with E-state index in [1.807, 2.05) is 5.32 Å². The Kier molecular flexibility index (Phi) is 7.32. The van der Waals surface area contributed by atoms with Crippen molar-refractivity contribution >= 4 is 25.7 Å². The summed E-state index contributed by atoms with van der Waals surface area (Å²) in [6, 6.07) is -2.98. The molecule has 0 aliphatic heterocycles. The highest BCUT2D eigenvalue weighted by molar-refractivity contribution is 7.46. The minimum absolute atomic E-state index is 0.215. The lowest BCUT2D eigenvalue weighted by molar-refractivity contribution is -0.142. The van der Waals surface area contributed by atoms with Crippen molar-refractivity contribution in [1.29, 1.82) is 0 Å². The van der Waals surface area contributed by atoms with Crippen molar-refractivity contribution in [1.82, 2.24) is 5.32 Å². The van der Waals surface area contributed by atoms with Crippen LogP contribution in [0.15, 0.2) is 0 Å². The smallest absolute Gasteiger partial charge is 0.481 e. The highest BCUT2D eigenvalue weighted by Crippen LogP contribution is 2.36. The minimum atomic E-state index is -5.10. The Bertz CT molecular complexity index is 420. The van der Waals surface area contributed by atoms with Gasteiger partial charge in [0.2, 0.25) is 5.91 Å². The van der Waals surface area contributed by atoms with E-state index in [2.05, 4.69) is 4.52 Å². The monoisotopic (exact) mass is 314 g/mol. The molecule has 12 heteroatoms. The number of rotatable bonds is 8. The number of aliphatic carboxylic acids is 1. The second-order valence-electron chi connectivity index (χ2n) is 3.68. The molecule has 0 radical (unpaired) electrons. The number of phosphoric acid groups is 1. The van der Waals surface area contributed by atoms with E-state index in [0.29, 0.717) is 0 Å². The molecule has 11 nitrogen and oxygen atoms in total. The van der Waals surface area contributed by atoms with Gasteiger partial charge in [-0.05, 0) is 6.42 Å². The molecule has 0 aromatic heterocycles. The summed E-state index contributed by atoms with van der Waals surface area (Å²) in [5.41, 5.74) is 5.33. The van der Waals surface area contributed by atoms with Gasteiger partial charge in [-0.25, -0.2) is 9.36 Å². The Morgan fingerprint density at radius 1 is 1.30 bits per heavy atom. The molecule has 0 unspecified atom stereocenters. The Morgan fingerprint density at radius 2 is 1.85 bits per heavy atom. The first-order valence-electron chi connectivity index (χ1n) is 5.24. The standard InChI is InChI=1S/C8H15N2O9P/c9-4(1-2-6(12)13)7(14)10-5(3-11)8(15)19-20(16,17)18/h4-5,11H,1-3,9H2,(H,10,14)(H,12,13)(H2,16,17,18)/t4-,5-/m0/s1. The van der Waals surface area contributed by atoms with Crippen LogP contribution in [0.25, 0.3) is 0 Å². The fraction of sp³-hybridized carbons (Fsp3) is 0.625. The van der Waals surface area contributed by atoms with Gasteiger partial charge in [0, 0.05) is 6.42 Å². The number of carbonyl (C=O) groups is 3. The lowest BCUT2D eigenvalue weighted by atomic mass is 10.1. The molecule has 0 aromatic rings. The molecule has 0 saturated heterocycles. The molecule has 0 saturated carbocycles. The molecule has 0 bridgehead atoms. The van der Waals surface area contributed by atoms with Crippen LogP contribution < -0.4 is 11.1 Å². The van der Waals surface area contributed by atoms with E-state index in [-0.39, 0.29) is 12.8 Å². The Hall–Kier alpha value is -1.52. The van der Waals surface area contributed by atoms with Gasteiger partial charge < -0.3 is 25.8 Å². The molecule has 116 valence electrons. The molecule has 2 atom stereocenters. The summed E-state index contributed by atoms with van der Waals surface area (Å²) < 4.78 is 14.1. The second-order valence-corrected chi connectivity index (χ2v) is 4.85. The second kappa shape index (κ2) is 7.92. The Morgan fingerprint density at radius 3 is 2.25 bits per heavy atom. The van der Waals surface area contributed by atoms with Crippen LogP contribution in [0.3, 0.4) is 0 Å². The van der Waals surface area contributed by atoms with Gasteiger partial charge in [0.1, 0.15) is 0 Å². The van der Waals surface area contributed by atoms with E-state index in [1.54, 1.807) is 0 Å². The summed E-state index contributed by atoms with van der Waals surface area (Å²) in [6.07, 6.45) is -0.599. The first-order chi connectivity index (χ1) is 9.06. The maximum atomic E-state index is 11.5. The number of carbonyl (C=O) groups excluding carboxylic acids is 2. The Balaban J connectivity index is 4.48. The molecule has 0 spiro atoms. The van der Waals surface area contributed by atoms with E-state index in [9.17, 15) is 18.9 Å². The molecule has 0 fully saturated rings. The van der Waals surface area contributed by atoms with Gasteiger partial charge in [-0.15, -0.1) is 0 Å². The van der Waals surface area contributed by atoms with E-state index in [1.165, 1.54) is 0 Å². The molecule has 0 aliphatic rings. The van der Waals surface area contributed by atoms with Crippen LogP contribution >= 0.6 is 7.82 Å². The molecular weight excluding hydrogens is 299 g/mol. The summed E-state index contributed by atoms with van der Waals surface area (Å²) in [6.45, 7) is -0.976. The van der Waals surface area contributed by atoms with Crippen LogP contribution in [-0.4, -0.2) is 56.5 Å². The zero-order chi connectivity index (χ0) is 15.9. The van der Waals surface area contributed by atoms with Gasteiger partial charge in [0.15, 0.2) is 6.04 Å². The van der Waals surface area contributed by atoms with E-state index in [4.69, 9.17) is 25.7 Å². The number of hydrogen-bond donors (Lipinski definition) is 6. The third kappa shape index (κ3) is 7.81. The van der Waals surface area contributed by atoms with Crippen LogP contribution in [0.4, 0.5) is 0 Å². The summed E-state index contributed by atoms with van der Waals surface area (Å²) in [7, 11) is -5.10. The van der Waals surface area contributed by atoms with E-state index >= 15 is 0 Å². The highest BCUT2D eigenvalue weighted by Gasteiger charge is 2.29. The SMILES string of the molecule is N[C@@H](CCC(=O)O)C(=O)N[C@@H](CO)C(=O)OP(=O)(O)O. The zero-order valence-corrected chi connectivity index (χ0v) is 11.0. The number of aliphatic hydroxyl groups is 1. The number of hydrogen-bond acceptors (Lipinski definition) is 7. The molecule has 7 N–H and O–H groups in total. The summed E-state index contributed by atoms with van der Waals surface area (Å²) in [4.78, 5) is 49.7. The van der Waals surface area contributed by atoms with Crippen molar-refractivity contribution in [3.63, 3.8) is 0 Å². The van der Waals surface area contributed by atoms with Crippen molar-refractivity contribution < 1.29 is 43.5 Å². The van der Waals surface area contributed by atoms with Crippen LogP contribution in [-0.2, 0) is 23.5 Å². The minimum Gasteiger partial charge on any atom is -0.481 e. The van der Waals surface area contributed by atoms with Crippen molar-refractivity contribution in [3.05, 3.63) is 0 Å². The van der Waals surface area contributed by atoms with Crippen molar-refractivity contribution in [2.45, 2.75) is 24.9 Å². The van der Waals surface area contributed by atoms with Gasteiger partial charge in [-0.2, -0.15) is 0 Å². The number of carboxylic acids is 1. The number of aliphatic hydroxyl groups excluding tert-OH is 1. The number of phosphoric ester groups is 1. The lowest BCUT2D eigenvalue weighted by Crippen LogP contribution is -2.50. The first-order valence-corrected chi connectivity index (χ1v) is 6.77. The van der Waals surface area contributed by atoms with Crippen LogP contribution in [0, 0.1) is 0 Å². The largest absolute Gasteiger partial charge is 0.527 e. The molecule has 0 aliphatic carbocycles. The predicted molar refractivity (Wildman–Crippen MR) is 62.0 cm³/mol. The normalized spacial score (nSPS) is 14.2. The Labute approximate surface area is 113 Å². The van der Waals surface area contributed by atoms with Crippen molar-refractivity contribution in [2.75, 3.05) is 6.61 Å². The molecule has 0 rings (SSSR count). The molecule has 0 aromatic carbocycles. The maximum absolute atomic E-state index is 11.5. The van der Waals surface area contributed by atoms with Gasteiger partial charge >= 0.3 is 19.8 Å². The van der Waals surface area contributed by atoms with E-state index < -0.39 is 44.4 Å². The molecule has 20 heavy (non-hydrogen) atoms. The van der Waals surface area contributed by atoms with Crippen LogP contribution in [0.2, 0.25) is 0 Å². The third-order valence-electron chi connectivity index (χ3n) is 2.00. The average Bonchev–Trinajstić information content (AvgIpc) is 2.30. The molecular formula is C8H15N2O9P. The zero-order valence-electron chi connectivity index (χ0n) is 10.1. The van der Waals surface area contributed by atoms with Gasteiger partial charge in [0.25, 0.3) is 0 Å². The van der Waals surface area contributed by atoms with Gasteiger partial charge in [0.05, 0.1) is 12.6 Å². The topological polar surface area (TPSA) is 196 Å². The van der Waals surface area contributed by atoms with Crippen molar-refractivity contribution in [2.24, 2.45) is 5.73 Å². The van der Waals surface area contributed by atoms with Crippen LogP contribution in [0.5, 0.6) is 0 Å².